The molecule has 5 nitrogen and oxygen atoms in total. The smallest absolute Gasteiger partial charge is 0.243 e. The van der Waals surface area contributed by atoms with Gasteiger partial charge in [0, 0.05) is 10.7 Å². The molecular weight excluding hydrogens is 336 g/mol. The number of carbonyl (C=O) groups is 1. The van der Waals surface area contributed by atoms with E-state index in [1.54, 1.807) is 12.1 Å². The van der Waals surface area contributed by atoms with E-state index in [0.29, 0.717) is 5.02 Å². The number of aromatic nitrogens is 2. The first-order valence-electron chi connectivity index (χ1n) is 7.95. The molecule has 128 valence electrons. The summed E-state index contributed by atoms with van der Waals surface area (Å²) < 4.78 is 1.83. The highest BCUT2D eigenvalue weighted by Gasteiger charge is 2.15. The molecule has 2 aromatic carbocycles. The monoisotopic (exact) mass is 354 g/mol. The summed E-state index contributed by atoms with van der Waals surface area (Å²) in [6, 6.07) is 17.1. The van der Waals surface area contributed by atoms with Crippen molar-refractivity contribution in [3.05, 3.63) is 71.0 Å². The number of para-hydroxylation sites is 1. The molecule has 3 aromatic rings. The Balaban J connectivity index is 1.70. The maximum Gasteiger partial charge on any atom is 0.243 e. The minimum absolute atomic E-state index is 0.140. The van der Waals surface area contributed by atoms with Crippen LogP contribution in [0.5, 0.6) is 0 Å². The van der Waals surface area contributed by atoms with Gasteiger partial charge in [-0.05, 0) is 44.2 Å². The summed E-state index contributed by atoms with van der Waals surface area (Å²) in [5, 5.41) is 11.1. The summed E-state index contributed by atoms with van der Waals surface area (Å²) >= 11 is 5.94. The summed E-state index contributed by atoms with van der Waals surface area (Å²) in [5.41, 5.74) is 4.16. The van der Waals surface area contributed by atoms with Gasteiger partial charge in [0.1, 0.15) is 0 Å². The zero-order valence-corrected chi connectivity index (χ0v) is 14.8. The molecule has 3 rings (SSSR count). The lowest BCUT2D eigenvalue weighted by Crippen LogP contribution is -2.22. The molecule has 0 radical (unpaired) electrons. The van der Waals surface area contributed by atoms with Crippen molar-refractivity contribution in [2.24, 2.45) is 0 Å². The number of carbonyl (C=O) groups excluding carboxylic acids is 1. The number of anilines is 2. The number of nitrogens with one attached hydrogen (secondary N) is 2. The van der Waals surface area contributed by atoms with Gasteiger partial charge in [0.2, 0.25) is 5.91 Å². The lowest BCUT2D eigenvalue weighted by molar-refractivity contribution is -0.114. The number of hydrogen-bond donors (Lipinski definition) is 2. The molecule has 0 aliphatic heterocycles. The topological polar surface area (TPSA) is 59.0 Å². The molecule has 0 atom stereocenters. The third-order valence-corrected chi connectivity index (χ3v) is 4.07. The maximum atomic E-state index is 12.3. The third kappa shape index (κ3) is 4.00. The molecule has 1 amide bonds. The number of aryl methyl sites for hydroxylation is 1. The molecule has 6 heteroatoms. The van der Waals surface area contributed by atoms with Gasteiger partial charge in [-0.15, -0.1) is 0 Å². The van der Waals surface area contributed by atoms with Crippen molar-refractivity contribution in [1.82, 2.24) is 9.78 Å². The SMILES string of the molecule is Cc1nn(-c2ccccc2)c(C)c1NC(=O)CNc1cccc(Cl)c1. The Morgan fingerprint density at radius 1 is 1.12 bits per heavy atom. The van der Waals surface area contributed by atoms with Crippen LogP contribution in [0, 0.1) is 13.8 Å². The van der Waals surface area contributed by atoms with Gasteiger partial charge in [0.15, 0.2) is 0 Å². The molecule has 25 heavy (non-hydrogen) atoms. The maximum absolute atomic E-state index is 12.3. The van der Waals surface area contributed by atoms with E-state index < -0.39 is 0 Å². The van der Waals surface area contributed by atoms with Crippen molar-refractivity contribution >= 4 is 28.9 Å². The minimum atomic E-state index is -0.140. The fourth-order valence-corrected chi connectivity index (χ4v) is 2.80. The third-order valence-electron chi connectivity index (χ3n) is 3.83. The highest BCUT2D eigenvalue weighted by molar-refractivity contribution is 6.30. The Morgan fingerprint density at radius 3 is 2.60 bits per heavy atom. The number of amides is 1. The quantitative estimate of drug-likeness (QED) is 0.722. The van der Waals surface area contributed by atoms with Crippen LogP contribution < -0.4 is 10.6 Å². The van der Waals surface area contributed by atoms with Crippen molar-refractivity contribution in [3.8, 4) is 5.69 Å². The van der Waals surface area contributed by atoms with Gasteiger partial charge in [-0.25, -0.2) is 4.68 Å². The van der Waals surface area contributed by atoms with Crippen LogP contribution in [0.4, 0.5) is 11.4 Å². The molecule has 0 fully saturated rings. The summed E-state index contributed by atoms with van der Waals surface area (Å²) in [5.74, 6) is -0.140. The average molecular weight is 355 g/mol. The Labute approximate surface area is 151 Å². The van der Waals surface area contributed by atoms with E-state index in [2.05, 4.69) is 15.7 Å². The van der Waals surface area contributed by atoms with E-state index >= 15 is 0 Å². The lowest BCUT2D eigenvalue weighted by atomic mass is 10.3. The number of nitrogens with zero attached hydrogens (tertiary/aromatic N) is 2. The Bertz CT molecular complexity index is 890. The fourth-order valence-electron chi connectivity index (χ4n) is 2.61. The fraction of sp³-hybridized carbons (Fsp3) is 0.158. The van der Waals surface area contributed by atoms with Crippen molar-refractivity contribution in [3.63, 3.8) is 0 Å². The largest absolute Gasteiger partial charge is 0.376 e. The van der Waals surface area contributed by atoms with Gasteiger partial charge in [0.25, 0.3) is 0 Å². The highest BCUT2D eigenvalue weighted by Crippen LogP contribution is 2.22. The summed E-state index contributed by atoms with van der Waals surface area (Å²) in [4.78, 5) is 12.3. The van der Waals surface area contributed by atoms with Crippen LogP contribution in [0.3, 0.4) is 0 Å². The number of rotatable bonds is 5. The predicted molar refractivity (Wildman–Crippen MR) is 102 cm³/mol. The zero-order valence-electron chi connectivity index (χ0n) is 14.1. The number of halogens is 1. The van der Waals surface area contributed by atoms with E-state index in [9.17, 15) is 4.79 Å². The molecule has 0 aliphatic carbocycles. The summed E-state index contributed by atoms with van der Waals surface area (Å²) in [6.45, 7) is 3.97. The molecular formula is C19H19ClN4O. The second-order valence-electron chi connectivity index (χ2n) is 5.71. The van der Waals surface area contributed by atoms with E-state index in [0.717, 1.165) is 28.5 Å². The Kier molecular flexibility index (Phi) is 5.05. The van der Waals surface area contributed by atoms with Crippen LogP contribution in [0.1, 0.15) is 11.4 Å². The summed E-state index contributed by atoms with van der Waals surface area (Å²) in [6.07, 6.45) is 0. The molecule has 2 N–H and O–H groups in total. The van der Waals surface area contributed by atoms with Gasteiger partial charge >= 0.3 is 0 Å². The second kappa shape index (κ2) is 7.40. The average Bonchev–Trinajstić information content (AvgIpc) is 2.89. The predicted octanol–water partition coefficient (Wildman–Crippen LogP) is 4.19. The van der Waals surface area contributed by atoms with Crippen molar-refractivity contribution in [2.45, 2.75) is 13.8 Å². The number of benzene rings is 2. The molecule has 0 spiro atoms. The van der Waals surface area contributed by atoms with Crippen LogP contribution in [0.25, 0.3) is 5.69 Å². The van der Waals surface area contributed by atoms with Gasteiger partial charge in [-0.3, -0.25) is 4.79 Å². The normalized spacial score (nSPS) is 10.5. The van der Waals surface area contributed by atoms with Crippen LogP contribution >= 0.6 is 11.6 Å². The van der Waals surface area contributed by atoms with Crippen molar-refractivity contribution < 1.29 is 4.79 Å². The van der Waals surface area contributed by atoms with Crippen molar-refractivity contribution in [2.75, 3.05) is 17.2 Å². The van der Waals surface area contributed by atoms with E-state index in [4.69, 9.17) is 11.6 Å². The highest BCUT2D eigenvalue weighted by atomic mass is 35.5. The summed E-state index contributed by atoms with van der Waals surface area (Å²) in [7, 11) is 0. The molecule has 0 aliphatic rings. The molecule has 0 saturated carbocycles. The van der Waals surface area contributed by atoms with E-state index in [1.807, 2.05) is 61.0 Å². The zero-order chi connectivity index (χ0) is 17.8. The van der Waals surface area contributed by atoms with Crippen LogP contribution in [0.15, 0.2) is 54.6 Å². The number of hydrogen-bond acceptors (Lipinski definition) is 3. The van der Waals surface area contributed by atoms with Gasteiger partial charge in [-0.2, -0.15) is 5.10 Å². The molecule has 1 aromatic heterocycles. The Hall–Kier alpha value is -2.79. The van der Waals surface area contributed by atoms with Gasteiger partial charge < -0.3 is 10.6 Å². The van der Waals surface area contributed by atoms with Crippen molar-refractivity contribution in [1.29, 1.82) is 0 Å². The van der Waals surface area contributed by atoms with Gasteiger partial charge in [-0.1, -0.05) is 35.9 Å². The first-order valence-corrected chi connectivity index (χ1v) is 8.33. The minimum Gasteiger partial charge on any atom is -0.376 e. The molecule has 0 saturated heterocycles. The first kappa shape index (κ1) is 17.0. The lowest BCUT2D eigenvalue weighted by Gasteiger charge is -2.09. The van der Waals surface area contributed by atoms with Gasteiger partial charge in [0.05, 0.1) is 29.3 Å². The second-order valence-corrected chi connectivity index (χ2v) is 6.14. The molecule has 0 unspecified atom stereocenters. The standard InChI is InChI=1S/C19H19ClN4O/c1-13-19(14(2)24(23-13)17-9-4-3-5-10-17)22-18(25)12-21-16-8-6-7-15(20)11-16/h3-11,21H,12H2,1-2H3,(H,22,25). The van der Waals surface area contributed by atoms with Crippen LogP contribution in [0.2, 0.25) is 5.02 Å². The first-order chi connectivity index (χ1) is 12.0. The van der Waals surface area contributed by atoms with E-state index in [-0.39, 0.29) is 12.5 Å². The van der Waals surface area contributed by atoms with Crippen LogP contribution in [-0.2, 0) is 4.79 Å². The van der Waals surface area contributed by atoms with Crippen LogP contribution in [-0.4, -0.2) is 22.2 Å². The Morgan fingerprint density at radius 2 is 1.88 bits per heavy atom. The molecule has 1 heterocycles. The molecule has 0 bridgehead atoms. The van der Waals surface area contributed by atoms with E-state index in [1.165, 1.54) is 0 Å².